The molecule has 11 heteroatoms. The van der Waals surface area contributed by atoms with E-state index in [0.29, 0.717) is 11.3 Å². The molecule has 3 heterocycles. The molecule has 1 N–H and O–H groups in total. The molecule has 3 aromatic rings. The second-order valence-electron chi connectivity index (χ2n) is 6.58. The lowest BCUT2D eigenvalue weighted by Crippen LogP contribution is -2.47. The highest BCUT2D eigenvalue weighted by atomic mass is 79.9. The normalized spacial score (nSPS) is 15.4. The van der Waals surface area contributed by atoms with Gasteiger partial charge in [-0.2, -0.15) is 4.98 Å². The summed E-state index contributed by atoms with van der Waals surface area (Å²) in [5, 5.41) is 14.5. The topological polar surface area (TPSA) is 110 Å². The summed E-state index contributed by atoms with van der Waals surface area (Å²) in [6, 6.07) is 7.19. The predicted molar refractivity (Wildman–Crippen MR) is 111 cm³/mol. The van der Waals surface area contributed by atoms with Gasteiger partial charge in [0.2, 0.25) is 5.82 Å². The molecule has 150 valence electrons. The van der Waals surface area contributed by atoms with E-state index in [1.807, 2.05) is 24.2 Å². The lowest BCUT2D eigenvalue weighted by Gasteiger charge is -2.32. The van der Waals surface area contributed by atoms with Crippen molar-refractivity contribution in [1.29, 1.82) is 0 Å². The quantitative estimate of drug-likeness (QED) is 0.454. The molecule has 4 rings (SSSR count). The number of piperazine rings is 1. The number of aromatic nitrogens is 3. The minimum Gasteiger partial charge on any atom is -0.431 e. The molecular weight excluding hydrogens is 442 g/mol. The zero-order valence-corrected chi connectivity index (χ0v) is 17.2. The van der Waals surface area contributed by atoms with Gasteiger partial charge in [-0.15, -0.1) is 0 Å². The lowest BCUT2D eigenvalue weighted by molar-refractivity contribution is -0.385. The summed E-state index contributed by atoms with van der Waals surface area (Å²) in [6.45, 7) is 3.14. The lowest BCUT2D eigenvalue weighted by atomic mass is 10.2. The first-order valence-electron chi connectivity index (χ1n) is 8.93. The molecule has 0 radical (unpaired) electrons. The molecule has 29 heavy (non-hydrogen) atoms. The third-order valence-electron chi connectivity index (χ3n) is 4.62. The molecule has 1 aliphatic heterocycles. The Kier molecular flexibility index (Phi) is 5.51. The number of likely N-dealkylation sites (N-methyl/N-ethyl adjacent to an activating group) is 1. The SMILES string of the molecule is CN1CCN(Nc2ncnc(Oc3ccc(Br)c4cccnc34)c2[N+](=O)[O-])CC1. The highest BCUT2D eigenvalue weighted by Gasteiger charge is 2.27. The summed E-state index contributed by atoms with van der Waals surface area (Å²) < 4.78 is 6.69. The summed E-state index contributed by atoms with van der Waals surface area (Å²) in [5.74, 6) is 0.325. The van der Waals surface area contributed by atoms with E-state index < -0.39 is 4.92 Å². The number of nitrogens with one attached hydrogen (secondary N) is 1. The largest absolute Gasteiger partial charge is 0.431 e. The van der Waals surface area contributed by atoms with Crippen LogP contribution in [0.5, 0.6) is 11.6 Å². The minimum absolute atomic E-state index is 0.0962. The highest BCUT2D eigenvalue weighted by Crippen LogP contribution is 2.37. The van der Waals surface area contributed by atoms with Crippen LogP contribution in [-0.4, -0.2) is 63.0 Å². The fourth-order valence-corrected chi connectivity index (χ4v) is 3.50. The van der Waals surface area contributed by atoms with Crippen LogP contribution in [0.1, 0.15) is 0 Å². The number of hydrogen-bond donors (Lipinski definition) is 1. The van der Waals surface area contributed by atoms with Crippen molar-refractivity contribution in [2.45, 2.75) is 0 Å². The monoisotopic (exact) mass is 459 g/mol. The number of anilines is 1. The standard InChI is InChI=1S/C18H18BrN7O3/c1-24-7-9-25(10-8-24)23-17-16(26(27)28)18(22-11-21-17)29-14-5-4-13(19)12-3-2-6-20-15(12)14/h2-6,11H,7-10H2,1H3,(H,21,22,23). The molecule has 0 bridgehead atoms. The molecule has 0 saturated carbocycles. The molecular formula is C18H18BrN7O3. The summed E-state index contributed by atoms with van der Waals surface area (Å²) in [5.41, 5.74) is 3.29. The van der Waals surface area contributed by atoms with Crippen molar-refractivity contribution in [2.24, 2.45) is 0 Å². The van der Waals surface area contributed by atoms with E-state index in [2.05, 4.69) is 41.2 Å². The van der Waals surface area contributed by atoms with Gasteiger partial charge in [-0.05, 0) is 25.2 Å². The van der Waals surface area contributed by atoms with Gasteiger partial charge in [0.25, 0.3) is 0 Å². The number of nitrogens with zero attached hydrogens (tertiary/aromatic N) is 6. The van der Waals surface area contributed by atoms with Crippen LogP contribution in [0.4, 0.5) is 11.5 Å². The molecule has 0 aliphatic carbocycles. The average molecular weight is 460 g/mol. The van der Waals surface area contributed by atoms with Gasteiger partial charge >= 0.3 is 11.6 Å². The van der Waals surface area contributed by atoms with Crippen LogP contribution in [0, 0.1) is 10.1 Å². The second-order valence-corrected chi connectivity index (χ2v) is 7.44. The van der Waals surface area contributed by atoms with Crippen molar-refractivity contribution in [3.63, 3.8) is 0 Å². The molecule has 10 nitrogen and oxygen atoms in total. The van der Waals surface area contributed by atoms with Crippen LogP contribution in [0.3, 0.4) is 0 Å². The van der Waals surface area contributed by atoms with E-state index in [-0.39, 0.29) is 17.4 Å². The average Bonchev–Trinajstić information content (AvgIpc) is 2.72. The van der Waals surface area contributed by atoms with Gasteiger partial charge in [-0.3, -0.25) is 20.5 Å². The maximum absolute atomic E-state index is 11.8. The third kappa shape index (κ3) is 4.11. The Hall–Kier alpha value is -2.89. The van der Waals surface area contributed by atoms with E-state index in [1.54, 1.807) is 18.3 Å². The van der Waals surface area contributed by atoms with E-state index in [0.717, 1.165) is 36.0 Å². The smallest absolute Gasteiger partial charge is 0.374 e. The van der Waals surface area contributed by atoms with Gasteiger partial charge in [-0.1, -0.05) is 22.0 Å². The van der Waals surface area contributed by atoms with Crippen molar-refractivity contribution < 1.29 is 9.66 Å². The van der Waals surface area contributed by atoms with Gasteiger partial charge in [0.05, 0.1) is 4.92 Å². The molecule has 1 fully saturated rings. The van der Waals surface area contributed by atoms with Crippen molar-refractivity contribution in [3.05, 3.63) is 51.4 Å². The van der Waals surface area contributed by atoms with Gasteiger partial charge in [0.1, 0.15) is 11.8 Å². The zero-order chi connectivity index (χ0) is 20.4. The van der Waals surface area contributed by atoms with Crippen LogP contribution < -0.4 is 10.2 Å². The van der Waals surface area contributed by atoms with E-state index in [4.69, 9.17) is 4.74 Å². The molecule has 0 spiro atoms. The van der Waals surface area contributed by atoms with Crippen molar-refractivity contribution >= 4 is 38.3 Å². The van der Waals surface area contributed by atoms with E-state index >= 15 is 0 Å². The number of fused-ring (bicyclic) bond motifs is 1. The first-order chi connectivity index (χ1) is 14.0. The Labute approximate surface area is 174 Å². The van der Waals surface area contributed by atoms with Gasteiger partial charge < -0.3 is 9.64 Å². The molecule has 1 aromatic carbocycles. The number of halogens is 1. The molecule has 0 amide bonds. The number of nitro groups is 1. The molecule has 0 atom stereocenters. The first kappa shape index (κ1) is 19.4. The van der Waals surface area contributed by atoms with Gasteiger partial charge in [0.15, 0.2) is 5.75 Å². The molecule has 0 unspecified atom stereocenters. The summed E-state index contributed by atoms with van der Waals surface area (Å²) >= 11 is 3.48. The Balaban J connectivity index is 1.68. The van der Waals surface area contributed by atoms with E-state index in [1.165, 1.54) is 6.33 Å². The summed E-state index contributed by atoms with van der Waals surface area (Å²) in [6.07, 6.45) is 2.88. The van der Waals surface area contributed by atoms with Crippen molar-refractivity contribution in [2.75, 3.05) is 38.7 Å². The van der Waals surface area contributed by atoms with Crippen molar-refractivity contribution in [3.8, 4) is 11.6 Å². The van der Waals surface area contributed by atoms with Crippen molar-refractivity contribution in [1.82, 2.24) is 24.9 Å². The Morgan fingerprint density at radius 1 is 1.17 bits per heavy atom. The van der Waals surface area contributed by atoms with Crippen LogP contribution in [-0.2, 0) is 0 Å². The summed E-state index contributed by atoms with van der Waals surface area (Å²) in [7, 11) is 2.03. The zero-order valence-electron chi connectivity index (χ0n) is 15.6. The summed E-state index contributed by atoms with van der Waals surface area (Å²) in [4.78, 5) is 25.9. The van der Waals surface area contributed by atoms with Crippen LogP contribution in [0.25, 0.3) is 10.9 Å². The minimum atomic E-state index is -0.539. The Bertz CT molecular complexity index is 1060. The highest BCUT2D eigenvalue weighted by molar-refractivity contribution is 9.10. The molecule has 1 aliphatic rings. The van der Waals surface area contributed by atoms with Gasteiger partial charge in [0, 0.05) is 42.2 Å². The number of ether oxygens (including phenoxy) is 1. The van der Waals surface area contributed by atoms with Crippen LogP contribution in [0.2, 0.25) is 0 Å². The number of hydrazine groups is 1. The first-order valence-corrected chi connectivity index (χ1v) is 9.73. The third-order valence-corrected chi connectivity index (χ3v) is 5.32. The fourth-order valence-electron chi connectivity index (χ4n) is 3.05. The maximum atomic E-state index is 11.8. The fraction of sp³-hybridized carbons (Fsp3) is 0.278. The van der Waals surface area contributed by atoms with E-state index in [9.17, 15) is 10.1 Å². The molecule has 1 saturated heterocycles. The Morgan fingerprint density at radius 2 is 1.97 bits per heavy atom. The number of hydrogen-bond acceptors (Lipinski definition) is 9. The Morgan fingerprint density at radius 3 is 2.72 bits per heavy atom. The van der Waals surface area contributed by atoms with Crippen LogP contribution >= 0.6 is 15.9 Å². The number of rotatable bonds is 5. The number of benzene rings is 1. The van der Waals surface area contributed by atoms with Gasteiger partial charge in [-0.25, -0.2) is 9.99 Å². The number of pyridine rings is 1. The second kappa shape index (κ2) is 8.23. The predicted octanol–water partition coefficient (Wildman–Crippen LogP) is 3.06. The van der Waals surface area contributed by atoms with Crippen LogP contribution in [0.15, 0.2) is 41.3 Å². The molecule has 2 aromatic heterocycles. The maximum Gasteiger partial charge on any atom is 0.374 e.